The fourth-order valence-corrected chi connectivity index (χ4v) is 3.96. The van der Waals surface area contributed by atoms with Crippen LogP contribution < -0.4 is 16.0 Å². The SMILES string of the molecule is CC(=O)c1ccc(Nc2ncnc(N3CCC(Cc4ccccc4)CC3)c2N)cc1. The zero-order valence-corrected chi connectivity index (χ0v) is 17.2. The minimum absolute atomic E-state index is 0.0426. The van der Waals surface area contributed by atoms with Gasteiger partial charge in [0.2, 0.25) is 0 Å². The Morgan fingerprint density at radius 1 is 1.07 bits per heavy atom. The van der Waals surface area contributed by atoms with E-state index in [1.54, 1.807) is 25.4 Å². The molecule has 1 aliphatic rings. The van der Waals surface area contributed by atoms with Crippen LogP contribution in [0.25, 0.3) is 0 Å². The first-order chi connectivity index (χ1) is 14.6. The van der Waals surface area contributed by atoms with Crippen LogP contribution >= 0.6 is 0 Å². The molecule has 0 amide bonds. The second-order valence-electron chi connectivity index (χ2n) is 7.84. The van der Waals surface area contributed by atoms with Gasteiger partial charge in [0.05, 0.1) is 0 Å². The molecule has 0 radical (unpaired) electrons. The number of nitrogens with one attached hydrogen (secondary N) is 1. The molecule has 4 rings (SSSR count). The number of nitrogens with two attached hydrogens (primary N) is 1. The molecule has 0 bridgehead atoms. The second-order valence-corrected chi connectivity index (χ2v) is 7.84. The van der Waals surface area contributed by atoms with Gasteiger partial charge < -0.3 is 16.0 Å². The van der Waals surface area contributed by atoms with Crippen molar-refractivity contribution in [2.24, 2.45) is 5.92 Å². The number of rotatable bonds is 6. The molecule has 1 aromatic heterocycles. The third kappa shape index (κ3) is 4.59. The first-order valence-electron chi connectivity index (χ1n) is 10.4. The number of hydrogen-bond acceptors (Lipinski definition) is 6. The van der Waals surface area contributed by atoms with Crippen LogP contribution in [0.4, 0.5) is 23.0 Å². The minimum atomic E-state index is 0.0426. The average Bonchev–Trinajstić information content (AvgIpc) is 2.77. The van der Waals surface area contributed by atoms with Crippen molar-refractivity contribution in [1.29, 1.82) is 0 Å². The third-order valence-corrected chi connectivity index (χ3v) is 5.70. The fraction of sp³-hybridized carbons (Fsp3) is 0.292. The Labute approximate surface area is 177 Å². The number of anilines is 4. The largest absolute Gasteiger partial charge is 0.393 e. The van der Waals surface area contributed by atoms with Gasteiger partial charge in [0.1, 0.15) is 12.0 Å². The number of aromatic nitrogens is 2. The van der Waals surface area contributed by atoms with E-state index in [0.29, 0.717) is 23.0 Å². The molecule has 1 aliphatic heterocycles. The quantitative estimate of drug-likeness (QED) is 0.593. The van der Waals surface area contributed by atoms with E-state index in [1.807, 2.05) is 12.1 Å². The van der Waals surface area contributed by atoms with Crippen LogP contribution in [-0.4, -0.2) is 28.8 Å². The lowest BCUT2D eigenvalue weighted by molar-refractivity contribution is 0.101. The van der Waals surface area contributed by atoms with Crippen molar-refractivity contribution in [3.63, 3.8) is 0 Å². The number of nitrogens with zero attached hydrogens (tertiary/aromatic N) is 3. The van der Waals surface area contributed by atoms with Gasteiger partial charge in [0, 0.05) is 24.3 Å². The Hall–Kier alpha value is -3.41. The van der Waals surface area contributed by atoms with Crippen molar-refractivity contribution in [2.75, 3.05) is 29.0 Å². The van der Waals surface area contributed by atoms with E-state index in [4.69, 9.17) is 5.73 Å². The van der Waals surface area contributed by atoms with Gasteiger partial charge in [-0.15, -0.1) is 0 Å². The first kappa shape index (κ1) is 19.9. The van der Waals surface area contributed by atoms with E-state index in [0.717, 1.165) is 43.9 Å². The van der Waals surface area contributed by atoms with Crippen molar-refractivity contribution in [3.05, 3.63) is 72.1 Å². The van der Waals surface area contributed by atoms with Crippen molar-refractivity contribution in [3.8, 4) is 0 Å². The monoisotopic (exact) mass is 401 g/mol. The van der Waals surface area contributed by atoms with Crippen LogP contribution in [0, 0.1) is 5.92 Å². The number of hydrogen-bond donors (Lipinski definition) is 2. The van der Waals surface area contributed by atoms with Gasteiger partial charge in [-0.3, -0.25) is 4.79 Å². The Morgan fingerprint density at radius 2 is 1.77 bits per heavy atom. The van der Waals surface area contributed by atoms with E-state index in [2.05, 4.69) is 50.5 Å². The molecule has 2 heterocycles. The molecule has 1 fully saturated rings. The molecule has 154 valence electrons. The topological polar surface area (TPSA) is 84.1 Å². The summed E-state index contributed by atoms with van der Waals surface area (Å²) in [5.41, 5.74) is 9.88. The van der Waals surface area contributed by atoms with Crippen LogP contribution in [0.5, 0.6) is 0 Å². The molecule has 2 aromatic carbocycles. The van der Waals surface area contributed by atoms with E-state index in [1.165, 1.54) is 5.56 Å². The van der Waals surface area contributed by atoms with Gasteiger partial charge in [0.15, 0.2) is 17.4 Å². The molecule has 6 nitrogen and oxygen atoms in total. The van der Waals surface area contributed by atoms with E-state index < -0.39 is 0 Å². The summed E-state index contributed by atoms with van der Waals surface area (Å²) < 4.78 is 0. The summed E-state index contributed by atoms with van der Waals surface area (Å²) in [6, 6.07) is 18.0. The lowest BCUT2D eigenvalue weighted by Crippen LogP contribution is -2.35. The third-order valence-electron chi connectivity index (χ3n) is 5.70. The predicted molar refractivity (Wildman–Crippen MR) is 121 cm³/mol. The van der Waals surface area contributed by atoms with Gasteiger partial charge in [-0.1, -0.05) is 30.3 Å². The maximum atomic E-state index is 11.4. The fourth-order valence-electron chi connectivity index (χ4n) is 3.96. The van der Waals surface area contributed by atoms with Crippen molar-refractivity contribution >= 4 is 28.8 Å². The molecular formula is C24H27N5O. The molecule has 30 heavy (non-hydrogen) atoms. The van der Waals surface area contributed by atoms with E-state index >= 15 is 0 Å². The summed E-state index contributed by atoms with van der Waals surface area (Å²) in [7, 11) is 0. The molecule has 3 aromatic rings. The molecule has 0 atom stereocenters. The molecule has 3 N–H and O–H groups in total. The summed E-state index contributed by atoms with van der Waals surface area (Å²) in [5, 5.41) is 3.25. The summed E-state index contributed by atoms with van der Waals surface area (Å²) in [6.07, 6.45) is 4.91. The van der Waals surface area contributed by atoms with Crippen LogP contribution in [0.15, 0.2) is 60.9 Å². The molecule has 1 saturated heterocycles. The first-order valence-corrected chi connectivity index (χ1v) is 10.4. The van der Waals surface area contributed by atoms with Crippen molar-refractivity contribution in [2.45, 2.75) is 26.2 Å². The highest BCUT2D eigenvalue weighted by Gasteiger charge is 2.23. The Balaban J connectivity index is 1.41. The second kappa shape index (κ2) is 8.95. The number of ketones is 1. The molecule has 6 heteroatoms. The van der Waals surface area contributed by atoms with Crippen LogP contribution in [0.2, 0.25) is 0 Å². The van der Waals surface area contributed by atoms with Crippen LogP contribution in [0.1, 0.15) is 35.7 Å². The molecule has 0 saturated carbocycles. The molecular weight excluding hydrogens is 374 g/mol. The summed E-state index contributed by atoms with van der Waals surface area (Å²) in [6.45, 7) is 3.43. The highest BCUT2D eigenvalue weighted by molar-refractivity contribution is 5.94. The van der Waals surface area contributed by atoms with Crippen LogP contribution in [-0.2, 0) is 6.42 Å². The highest BCUT2D eigenvalue weighted by Crippen LogP contribution is 2.32. The van der Waals surface area contributed by atoms with E-state index in [-0.39, 0.29) is 5.78 Å². The number of benzene rings is 2. The summed E-state index contributed by atoms with van der Waals surface area (Å²) >= 11 is 0. The van der Waals surface area contributed by atoms with Gasteiger partial charge in [0.25, 0.3) is 0 Å². The number of Topliss-reactive ketones (excluding diaryl/α,β-unsaturated/α-hetero) is 1. The smallest absolute Gasteiger partial charge is 0.159 e. The van der Waals surface area contributed by atoms with Crippen molar-refractivity contribution < 1.29 is 4.79 Å². The predicted octanol–water partition coefficient (Wildman–Crippen LogP) is 4.46. The Kier molecular flexibility index (Phi) is 5.93. The Morgan fingerprint density at radius 3 is 2.43 bits per heavy atom. The van der Waals surface area contributed by atoms with E-state index in [9.17, 15) is 4.79 Å². The van der Waals surface area contributed by atoms with Gasteiger partial charge in [-0.2, -0.15) is 0 Å². The lowest BCUT2D eigenvalue weighted by atomic mass is 9.90. The van der Waals surface area contributed by atoms with Gasteiger partial charge >= 0.3 is 0 Å². The van der Waals surface area contributed by atoms with Crippen LogP contribution in [0.3, 0.4) is 0 Å². The summed E-state index contributed by atoms with van der Waals surface area (Å²) in [5.74, 6) is 2.10. The maximum Gasteiger partial charge on any atom is 0.159 e. The molecule has 0 unspecified atom stereocenters. The number of carbonyl (C=O) groups is 1. The molecule has 0 spiro atoms. The molecule has 0 aliphatic carbocycles. The van der Waals surface area contributed by atoms with Gasteiger partial charge in [-0.05, 0) is 61.9 Å². The number of nitrogen functional groups attached to an aromatic ring is 1. The number of carbonyl (C=O) groups excluding carboxylic acids is 1. The average molecular weight is 402 g/mol. The minimum Gasteiger partial charge on any atom is -0.393 e. The van der Waals surface area contributed by atoms with Gasteiger partial charge in [-0.25, -0.2) is 9.97 Å². The summed E-state index contributed by atoms with van der Waals surface area (Å²) in [4.78, 5) is 22.5. The lowest BCUT2D eigenvalue weighted by Gasteiger charge is -2.33. The zero-order chi connectivity index (χ0) is 20.9. The Bertz CT molecular complexity index is 996. The highest BCUT2D eigenvalue weighted by atomic mass is 16.1. The van der Waals surface area contributed by atoms with Crippen molar-refractivity contribution in [1.82, 2.24) is 9.97 Å². The maximum absolute atomic E-state index is 11.4. The normalized spacial score (nSPS) is 14.5. The standard InChI is InChI=1S/C24H27N5O/c1-17(30)20-7-9-21(10-8-20)28-23-22(25)24(27-16-26-23)29-13-11-19(12-14-29)15-18-5-3-2-4-6-18/h2-10,16,19H,11-15,25H2,1H3,(H,26,27,28). The zero-order valence-electron chi connectivity index (χ0n) is 17.2. The number of piperidine rings is 1.